The monoisotopic (exact) mass is 276 g/mol. The number of carbonyl (C=O) groups is 2. The predicted octanol–water partition coefficient (Wildman–Crippen LogP) is 1.83. The first-order valence-corrected chi connectivity index (χ1v) is 7.02. The maximum absolute atomic E-state index is 12.2. The van der Waals surface area contributed by atoms with Gasteiger partial charge in [0.15, 0.2) is 0 Å². The van der Waals surface area contributed by atoms with E-state index in [1.807, 2.05) is 25.1 Å². The van der Waals surface area contributed by atoms with Crippen LogP contribution >= 0.6 is 0 Å². The van der Waals surface area contributed by atoms with E-state index in [1.54, 1.807) is 6.20 Å². The van der Waals surface area contributed by atoms with Crippen molar-refractivity contribution in [2.75, 3.05) is 0 Å². The van der Waals surface area contributed by atoms with Crippen LogP contribution in [0.2, 0.25) is 0 Å². The Labute approximate surface area is 118 Å². The van der Waals surface area contributed by atoms with Crippen LogP contribution in [0.5, 0.6) is 0 Å². The highest BCUT2D eigenvalue weighted by Crippen LogP contribution is 2.38. The summed E-state index contributed by atoms with van der Waals surface area (Å²) in [5, 5.41) is 12.0. The Kier molecular flexibility index (Phi) is 4.71. The van der Waals surface area contributed by atoms with Gasteiger partial charge in [0, 0.05) is 6.20 Å². The molecule has 1 aliphatic rings. The van der Waals surface area contributed by atoms with Gasteiger partial charge >= 0.3 is 5.97 Å². The minimum atomic E-state index is -0.862. The van der Waals surface area contributed by atoms with E-state index >= 15 is 0 Å². The molecule has 3 atom stereocenters. The fraction of sp³-hybridized carbons (Fsp3) is 0.533. The zero-order valence-corrected chi connectivity index (χ0v) is 11.6. The maximum Gasteiger partial charge on any atom is 0.307 e. The summed E-state index contributed by atoms with van der Waals surface area (Å²) in [6.07, 6.45) is 3.87. The van der Waals surface area contributed by atoms with E-state index < -0.39 is 17.8 Å². The minimum absolute atomic E-state index is 0.168. The summed E-state index contributed by atoms with van der Waals surface area (Å²) in [6, 6.07) is 5.50. The molecule has 0 aliphatic heterocycles. The lowest BCUT2D eigenvalue weighted by Crippen LogP contribution is -2.35. The largest absolute Gasteiger partial charge is 0.481 e. The number of carboxylic acids is 1. The number of nitrogens with one attached hydrogen (secondary N) is 1. The Bertz CT molecular complexity index is 475. The second-order valence-electron chi connectivity index (χ2n) is 5.34. The fourth-order valence-corrected chi connectivity index (χ4v) is 2.85. The van der Waals surface area contributed by atoms with Crippen molar-refractivity contribution in [3.8, 4) is 0 Å². The molecule has 5 nitrogen and oxygen atoms in total. The van der Waals surface area contributed by atoms with Gasteiger partial charge in [0.25, 0.3) is 0 Å². The number of hydrogen-bond donors (Lipinski definition) is 2. The van der Waals surface area contributed by atoms with Crippen molar-refractivity contribution in [3.63, 3.8) is 0 Å². The molecule has 0 saturated heterocycles. The molecule has 1 aliphatic carbocycles. The van der Waals surface area contributed by atoms with E-state index in [0.29, 0.717) is 25.3 Å². The highest BCUT2D eigenvalue weighted by atomic mass is 16.4. The number of nitrogens with zero attached hydrogens (tertiary/aromatic N) is 1. The first-order chi connectivity index (χ1) is 9.61. The molecule has 1 fully saturated rings. The SMILES string of the molecule is CCC1C[C@H](C(=O)NCc2ccccn2)[C@H](C(=O)O)C1. The highest BCUT2D eigenvalue weighted by Gasteiger charge is 2.41. The second-order valence-corrected chi connectivity index (χ2v) is 5.34. The normalized spacial score (nSPS) is 25.4. The van der Waals surface area contributed by atoms with Crippen molar-refractivity contribution >= 4 is 11.9 Å². The topological polar surface area (TPSA) is 79.3 Å². The van der Waals surface area contributed by atoms with Crippen LogP contribution in [0.15, 0.2) is 24.4 Å². The average Bonchev–Trinajstić information content (AvgIpc) is 2.90. The van der Waals surface area contributed by atoms with Crippen LogP contribution < -0.4 is 5.32 Å². The number of aliphatic carboxylic acids is 1. The lowest BCUT2D eigenvalue weighted by molar-refractivity contribution is -0.146. The number of hydrogen-bond acceptors (Lipinski definition) is 3. The lowest BCUT2D eigenvalue weighted by atomic mass is 9.95. The van der Waals surface area contributed by atoms with Gasteiger partial charge in [0.2, 0.25) is 5.91 Å². The maximum atomic E-state index is 12.2. The predicted molar refractivity (Wildman–Crippen MR) is 73.7 cm³/mol. The Balaban J connectivity index is 1.95. The zero-order valence-electron chi connectivity index (χ0n) is 11.6. The molecule has 1 aromatic heterocycles. The molecule has 1 aromatic rings. The van der Waals surface area contributed by atoms with Crippen LogP contribution in [0.3, 0.4) is 0 Å². The van der Waals surface area contributed by atoms with Gasteiger partial charge in [-0.25, -0.2) is 0 Å². The molecule has 5 heteroatoms. The minimum Gasteiger partial charge on any atom is -0.481 e. The molecule has 1 unspecified atom stereocenters. The summed E-state index contributed by atoms with van der Waals surface area (Å²) in [7, 11) is 0. The quantitative estimate of drug-likeness (QED) is 0.860. The molecule has 0 spiro atoms. The Morgan fingerprint density at radius 2 is 2.10 bits per heavy atom. The van der Waals surface area contributed by atoms with Crippen LogP contribution in [0.25, 0.3) is 0 Å². The molecule has 1 saturated carbocycles. The summed E-state index contributed by atoms with van der Waals surface area (Å²) in [5.41, 5.74) is 0.776. The van der Waals surface area contributed by atoms with Gasteiger partial charge in [0.1, 0.15) is 0 Å². The van der Waals surface area contributed by atoms with Gasteiger partial charge in [-0.05, 0) is 30.9 Å². The molecule has 1 amide bonds. The zero-order chi connectivity index (χ0) is 14.5. The van der Waals surface area contributed by atoms with Gasteiger partial charge in [0.05, 0.1) is 24.1 Å². The molecule has 1 heterocycles. The van der Waals surface area contributed by atoms with Crippen LogP contribution in [-0.4, -0.2) is 22.0 Å². The van der Waals surface area contributed by atoms with Crippen molar-refractivity contribution in [1.82, 2.24) is 10.3 Å². The molecule has 2 rings (SSSR count). The highest BCUT2D eigenvalue weighted by molar-refractivity contribution is 5.85. The number of carboxylic acid groups (broad SMARTS) is 1. The Morgan fingerprint density at radius 3 is 2.70 bits per heavy atom. The van der Waals surface area contributed by atoms with Gasteiger partial charge < -0.3 is 10.4 Å². The number of pyridine rings is 1. The molecule has 0 bridgehead atoms. The van der Waals surface area contributed by atoms with Gasteiger partial charge in [-0.3, -0.25) is 14.6 Å². The van der Waals surface area contributed by atoms with Crippen molar-refractivity contribution < 1.29 is 14.7 Å². The van der Waals surface area contributed by atoms with E-state index in [0.717, 1.165) is 12.1 Å². The lowest BCUT2D eigenvalue weighted by Gasteiger charge is -2.15. The van der Waals surface area contributed by atoms with Crippen LogP contribution in [-0.2, 0) is 16.1 Å². The standard InChI is InChI=1S/C15H20N2O3/c1-2-10-7-12(13(8-10)15(19)20)14(18)17-9-11-5-3-4-6-16-11/h3-6,10,12-13H,2,7-9H2,1H3,(H,17,18)(H,19,20)/t10?,12-,13+/m0/s1. The van der Waals surface area contributed by atoms with Crippen molar-refractivity contribution in [2.24, 2.45) is 17.8 Å². The summed E-state index contributed by atoms with van der Waals surface area (Å²) < 4.78 is 0. The van der Waals surface area contributed by atoms with Crippen molar-refractivity contribution in [1.29, 1.82) is 0 Å². The molecule has 0 aromatic carbocycles. The number of rotatable bonds is 5. The Hall–Kier alpha value is -1.91. The summed E-state index contributed by atoms with van der Waals surface area (Å²) in [6.45, 7) is 2.39. The second kappa shape index (κ2) is 6.50. The van der Waals surface area contributed by atoms with Crippen LogP contribution in [0, 0.1) is 17.8 Å². The van der Waals surface area contributed by atoms with E-state index in [4.69, 9.17) is 0 Å². The smallest absolute Gasteiger partial charge is 0.307 e. The van der Waals surface area contributed by atoms with E-state index in [2.05, 4.69) is 10.3 Å². The van der Waals surface area contributed by atoms with Crippen molar-refractivity contribution in [3.05, 3.63) is 30.1 Å². The molecular formula is C15H20N2O3. The molecule has 20 heavy (non-hydrogen) atoms. The number of carbonyl (C=O) groups excluding carboxylic acids is 1. The van der Waals surface area contributed by atoms with Crippen LogP contribution in [0.4, 0.5) is 0 Å². The van der Waals surface area contributed by atoms with E-state index in [1.165, 1.54) is 0 Å². The van der Waals surface area contributed by atoms with Gasteiger partial charge in [-0.1, -0.05) is 19.4 Å². The van der Waals surface area contributed by atoms with Gasteiger partial charge in [-0.2, -0.15) is 0 Å². The molecule has 0 radical (unpaired) electrons. The molecular weight excluding hydrogens is 256 g/mol. The summed E-state index contributed by atoms with van der Waals surface area (Å²) >= 11 is 0. The molecule has 2 N–H and O–H groups in total. The summed E-state index contributed by atoms with van der Waals surface area (Å²) in [5.74, 6) is -1.66. The first-order valence-electron chi connectivity index (χ1n) is 7.02. The first kappa shape index (κ1) is 14.5. The number of aromatic nitrogens is 1. The summed E-state index contributed by atoms with van der Waals surface area (Å²) in [4.78, 5) is 27.6. The fourth-order valence-electron chi connectivity index (χ4n) is 2.85. The Morgan fingerprint density at radius 1 is 1.35 bits per heavy atom. The third kappa shape index (κ3) is 3.35. The van der Waals surface area contributed by atoms with E-state index in [-0.39, 0.29) is 5.91 Å². The number of amides is 1. The van der Waals surface area contributed by atoms with E-state index in [9.17, 15) is 14.7 Å². The molecule has 108 valence electrons. The average molecular weight is 276 g/mol. The van der Waals surface area contributed by atoms with Crippen molar-refractivity contribution in [2.45, 2.75) is 32.7 Å². The third-order valence-corrected chi connectivity index (χ3v) is 4.06. The van der Waals surface area contributed by atoms with Crippen LogP contribution in [0.1, 0.15) is 31.9 Å². The third-order valence-electron chi connectivity index (χ3n) is 4.06. The van der Waals surface area contributed by atoms with Gasteiger partial charge in [-0.15, -0.1) is 0 Å².